The van der Waals surface area contributed by atoms with Crippen LogP contribution in [0, 0.1) is 11.6 Å². The van der Waals surface area contributed by atoms with Gasteiger partial charge in [-0.3, -0.25) is 9.59 Å². The van der Waals surface area contributed by atoms with E-state index >= 15 is 0 Å². The molecule has 0 spiro atoms. The predicted octanol–water partition coefficient (Wildman–Crippen LogP) is 2.95. The molecule has 0 saturated heterocycles. The number of amides is 2. The van der Waals surface area contributed by atoms with Crippen LogP contribution < -0.4 is 16.4 Å². The van der Waals surface area contributed by atoms with Gasteiger partial charge in [-0.25, -0.2) is 13.5 Å². The molecule has 186 valence electrons. The summed E-state index contributed by atoms with van der Waals surface area (Å²) >= 11 is 2.93. The van der Waals surface area contributed by atoms with Crippen LogP contribution in [0.25, 0.3) is 5.69 Å². The van der Waals surface area contributed by atoms with Crippen LogP contribution in [0.1, 0.15) is 20.7 Å². The number of carbonyl (C=O) groups excluding carboxylic acids is 2. The van der Waals surface area contributed by atoms with E-state index in [2.05, 4.69) is 21.0 Å². The highest BCUT2D eigenvalue weighted by molar-refractivity contribution is 9.10. The number of nitrogens with one attached hydrogen (secondary N) is 2. The van der Waals surface area contributed by atoms with Crippen molar-refractivity contribution < 1.29 is 36.6 Å². The molecule has 0 saturated carbocycles. The van der Waals surface area contributed by atoms with E-state index in [9.17, 15) is 36.6 Å². The first-order valence-corrected chi connectivity index (χ1v) is 10.5. The summed E-state index contributed by atoms with van der Waals surface area (Å²) in [4.78, 5) is 24.7. The minimum Gasteiger partial charge on any atom is -0.383 e. The number of hydrogen-bond donors (Lipinski definition) is 4. The van der Waals surface area contributed by atoms with Crippen LogP contribution in [0.4, 0.5) is 27.8 Å². The molecular weight excluding hydrogens is 545 g/mol. The average Bonchev–Trinajstić information content (AvgIpc) is 3.17. The first-order chi connectivity index (χ1) is 16.3. The molecule has 1 atom stereocenters. The fourth-order valence-corrected chi connectivity index (χ4v) is 3.46. The predicted molar refractivity (Wildman–Crippen MR) is 118 cm³/mol. The van der Waals surface area contributed by atoms with E-state index in [-0.39, 0.29) is 21.5 Å². The second-order valence-electron chi connectivity index (χ2n) is 7.32. The fourth-order valence-electron chi connectivity index (χ4n) is 2.94. The Balaban J connectivity index is 1.73. The smallest absolute Gasteiger partial charge is 0.383 e. The maximum atomic E-state index is 13.9. The van der Waals surface area contributed by atoms with Gasteiger partial charge in [-0.1, -0.05) is 6.07 Å². The Labute approximate surface area is 203 Å². The van der Waals surface area contributed by atoms with Gasteiger partial charge in [0.15, 0.2) is 5.60 Å². The number of rotatable bonds is 7. The molecule has 3 rings (SSSR count). The third kappa shape index (κ3) is 5.59. The van der Waals surface area contributed by atoms with E-state index in [1.165, 1.54) is 24.3 Å². The molecule has 5 N–H and O–H groups in total. The van der Waals surface area contributed by atoms with Crippen molar-refractivity contribution in [2.75, 3.05) is 18.8 Å². The Kier molecular flexibility index (Phi) is 7.45. The van der Waals surface area contributed by atoms with Crippen molar-refractivity contribution in [1.29, 1.82) is 0 Å². The van der Waals surface area contributed by atoms with Crippen LogP contribution in [0.5, 0.6) is 0 Å². The second-order valence-corrected chi connectivity index (χ2v) is 8.18. The zero-order valence-corrected chi connectivity index (χ0v) is 19.1. The van der Waals surface area contributed by atoms with Gasteiger partial charge in [-0.2, -0.15) is 18.3 Å². The number of benzene rings is 2. The summed E-state index contributed by atoms with van der Waals surface area (Å²) in [7, 11) is 0. The Bertz CT molecular complexity index is 1230. The maximum absolute atomic E-state index is 13.9. The number of nitrogen functional groups attached to an aromatic ring is 1. The molecular formula is C21H17BrF5N5O3. The molecule has 0 aliphatic heterocycles. The summed E-state index contributed by atoms with van der Waals surface area (Å²) in [6.07, 6.45) is -4.30. The molecule has 1 aromatic heterocycles. The van der Waals surface area contributed by atoms with Gasteiger partial charge < -0.3 is 21.5 Å². The third-order valence-corrected chi connectivity index (χ3v) is 5.58. The van der Waals surface area contributed by atoms with Crippen molar-refractivity contribution in [1.82, 2.24) is 20.4 Å². The molecule has 14 heteroatoms. The normalized spacial score (nSPS) is 13.2. The largest absolute Gasteiger partial charge is 0.420 e. The Hall–Kier alpha value is -3.52. The second kappa shape index (κ2) is 10.00. The fraction of sp³-hybridized carbons (Fsp3) is 0.190. The van der Waals surface area contributed by atoms with Crippen LogP contribution in [0.3, 0.4) is 0 Å². The molecule has 1 heterocycles. The van der Waals surface area contributed by atoms with Gasteiger partial charge in [0.1, 0.15) is 23.0 Å². The van der Waals surface area contributed by atoms with Crippen molar-refractivity contribution in [3.05, 3.63) is 75.9 Å². The number of halogens is 6. The summed E-state index contributed by atoms with van der Waals surface area (Å²) < 4.78 is 68.9. The van der Waals surface area contributed by atoms with Gasteiger partial charge in [0.25, 0.3) is 11.8 Å². The molecule has 35 heavy (non-hydrogen) atoms. The van der Waals surface area contributed by atoms with Gasteiger partial charge in [0.2, 0.25) is 0 Å². The number of nitrogens with zero attached hydrogens (tertiary/aromatic N) is 2. The van der Waals surface area contributed by atoms with Crippen LogP contribution >= 0.6 is 15.9 Å². The van der Waals surface area contributed by atoms with Crippen molar-refractivity contribution >= 4 is 33.6 Å². The lowest BCUT2D eigenvalue weighted by Gasteiger charge is -2.30. The number of aromatic nitrogens is 2. The molecule has 0 aliphatic carbocycles. The molecule has 3 aromatic rings. The van der Waals surface area contributed by atoms with Gasteiger partial charge in [0, 0.05) is 4.47 Å². The molecule has 8 nitrogen and oxygen atoms in total. The average molecular weight is 562 g/mol. The molecule has 2 amide bonds. The van der Waals surface area contributed by atoms with Crippen molar-refractivity contribution in [3.63, 3.8) is 0 Å². The lowest BCUT2D eigenvalue weighted by Crippen LogP contribution is -2.59. The highest BCUT2D eigenvalue weighted by Crippen LogP contribution is 2.30. The van der Waals surface area contributed by atoms with Crippen molar-refractivity contribution in [2.24, 2.45) is 0 Å². The van der Waals surface area contributed by atoms with E-state index in [1.807, 2.05) is 10.6 Å². The summed E-state index contributed by atoms with van der Waals surface area (Å²) in [6, 6.07) is 8.40. The van der Waals surface area contributed by atoms with Gasteiger partial charge in [0.05, 0.1) is 30.5 Å². The van der Waals surface area contributed by atoms with E-state index < -0.39 is 53.9 Å². The zero-order valence-electron chi connectivity index (χ0n) is 17.5. The van der Waals surface area contributed by atoms with Gasteiger partial charge >= 0.3 is 6.18 Å². The number of carbonyl (C=O) groups is 2. The number of nitrogens with two attached hydrogens (primary N) is 1. The molecule has 0 unspecified atom stereocenters. The van der Waals surface area contributed by atoms with Crippen LogP contribution in [-0.4, -0.2) is 51.6 Å². The quantitative estimate of drug-likeness (QED) is 0.330. The van der Waals surface area contributed by atoms with Gasteiger partial charge in [-0.05, 0) is 52.3 Å². The minimum absolute atomic E-state index is 0.00695. The number of aliphatic hydroxyl groups is 1. The Morgan fingerprint density at radius 2 is 1.63 bits per heavy atom. The van der Waals surface area contributed by atoms with Crippen LogP contribution in [0.2, 0.25) is 0 Å². The monoisotopic (exact) mass is 561 g/mol. The highest BCUT2D eigenvalue weighted by Gasteiger charge is 2.54. The van der Waals surface area contributed by atoms with Crippen LogP contribution in [-0.2, 0) is 0 Å². The SMILES string of the molecule is Nc1c(C(=O)NC[C@@](O)(CNC(=O)c2c(F)cccc2Br)C(F)(F)F)cnn1-c1ccc(F)cc1. The number of hydrogen-bond acceptors (Lipinski definition) is 5. The summed E-state index contributed by atoms with van der Waals surface area (Å²) in [5, 5.41) is 17.8. The maximum Gasteiger partial charge on any atom is 0.420 e. The van der Waals surface area contributed by atoms with Crippen LogP contribution in [0.15, 0.2) is 53.1 Å². The topological polar surface area (TPSA) is 122 Å². The van der Waals surface area contributed by atoms with E-state index in [0.717, 1.165) is 29.1 Å². The molecule has 0 radical (unpaired) electrons. The third-order valence-electron chi connectivity index (χ3n) is 4.92. The first-order valence-electron chi connectivity index (χ1n) is 9.73. The van der Waals surface area contributed by atoms with Crippen molar-refractivity contribution in [2.45, 2.75) is 11.8 Å². The van der Waals surface area contributed by atoms with Gasteiger partial charge in [-0.15, -0.1) is 0 Å². The standard InChI is InChI=1S/C21H17BrF5N5O3/c22-14-2-1-3-15(24)16(14)19(34)30-10-20(35,21(25,26)27)9-29-18(33)13-8-31-32(17(13)28)12-6-4-11(23)5-7-12/h1-8,35H,9-10,28H2,(H,29,33)(H,30,34)/t20-/m1/s1. The summed E-state index contributed by atoms with van der Waals surface area (Å²) in [6.45, 7) is -2.75. The van der Waals surface area contributed by atoms with E-state index in [4.69, 9.17) is 5.73 Å². The molecule has 2 aromatic carbocycles. The Morgan fingerprint density at radius 1 is 1.03 bits per heavy atom. The lowest BCUT2D eigenvalue weighted by molar-refractivity contribution is -0.254. The Morgan fingerprint density at radius 3 is 2.20 bits per heavy atom. The number of anilines is 1. The molecule has 0 bridgehead atoms. The lowest BCUT2D eigenvalue weighted by atomic mass is 10.0. The zero-order chi connectivity index (χ0) is 26.0. The van der Waals surface area contributed by atoms with Crippen molar-refractivity contribution in [3.8, 4) is 5.69 Å². The molecule has 0 fully saturated rings. The molecule has 0 aliphatic rings. The summed E-state index contributed by atoms with van der Waals surface area (Å²) in [5.74, 6) is -4.08. The first kappa shape index (κ1) is 26.1. The summed E-state index contributed by atoms with van der Waals surface area (Å²) in [5.41, 5.74) is 1.68. The van der Waals surface area contributed by atoms with E-state index in [1.54, 1.807) is 0 Å². The highest BCUT2D eigenvalue weighted by atomic mass is 79.9. The minimum atomic E-state index is -5.29. The number of alkyl halides is 3. The van der Waals surface area contributed by atoms with E-state index in [0.29, 0.717) is 0 Å².